The molecule has 0 spiro atoms. The highest BCUT2D eigenvalue weighted by Gasteiger charge is 2.15. The monoisotopic (exact) mass is 262 g/mol. The Kier molecular flexibility index (Phi) is 4.63. The molecule has 1 heterocycles. The Labute approximate surface area is 114 Å². The van der Waals surface area contributed by atoms with Gasteiger partial charge in [-0.15, -0.1) is 0 Å². The first-order chi connectivity index (χ1) is 9.20. The second kappa shape index (κ2) is 6.43. The third-order valence-electron chi connectivity index (χ3n) is 3.25. The third-order valence-corrected chi connectivity index (χ3v) is 3.25. The first-order valence-corrected chi connectivity index (χ1v) is 6.69. The Morgan fingerprint density at radius 2 is 2.11 bits per heavy atom. The van der Waals surface area contributed by atoms with Crippen LogP contribution in [0.15, 0.2) is 23.4 Å². The lowest BCUT2D eigenvalue weighted by atomic mass is 10.1. The van der Waals surface area contributed by atoms with Crippen LogP contribution in [0.25, 0.3) is 0 Å². The molecule has 0 radical (unpaired) electrons. The van der Waals surface area contributed by atoms with Crippen molar-refractivity contribution in [3.05, 3.63) is 29.3 Å². The lowest BCUT2D eigenvalue weighted by Gasteiger charge is -2.21. The number of hydrogen-bond donors (Lipinski definition) is 2. The summed E-state index contributed by atoms with van der Waals surface area (Å²) in [5.74, 6) is 0.424. The number of nitrogens with zero attached hydrogens (tertiary/aromatic N) is 2. The van der Waals surface area contributed by atoms with Crippen molar-refractivity contribution in [1.82, 2.24) is 0 Å². The highest BCUT2D eigenvalue weighted by Crippen LogP contribution is 2.25. The van der Waals surface area contributed by atoms with E-state index in [1.165, 1.54) is 18.5 Å². The highest BCUT2D eigenvalue weighted by atomic mass is 16.6. The second-order valence-electron chi connectivity index (χ2n) is 4.87. The first kappa shape index (κ1) is 13.7. The first-order valence-electron chi connectivity index (χ1n) is 6.69. The van der Waals surface area contributed by atoms with Crippen LogP contribution in [-0.2, 0) is 18.0 Å². The fraction of sp³-hybridized carbons (Fsp3) is 0.500. The van der Waals surface area contributed by atoms with Crippen LogP contribution in [-0.4, -0.2) is 18.9 Å². The van der Waals surface area contributed by atoms with E-state index >= 15 is 0 Å². The Morgan fingerprint density at radius 1 is 1.37 bits per heavy atom. The molecule has 4 N–H and O–H groups in total. The minimum Gasteiger partial charge on any atom is -0.390 e. The summed E-state index contributed by atoms with van der Waals surface area (Å²) in [7, 11) is 0. The van der Waals surface area contributed by atoms with Gasteiger partial charge in [0.2, 0.25) is 0 Å². The zero-order valence-electron chi connectivity index (χ0n) is 11.4. The molecule has 5 heteroatoms. The number of oxime groups is 1. The summed E-state index contributed by atoms with van der Waals surface area (Å²) in [6.45, 7) is 4.90. The van der Waals surface area contributed by atoms with Crippen molar-refractivity contribution in [2.75, 3.05) is 18.0 Å². The SMILES string of the molecule is C/C(N)=N/OCc1ccc(N2CCCC2)c(CN)c1. The molecule has 5 nitrogen and oxygen atoms in total. The van der Waals surface area contributed by atoms with E-state index in [0.717, 1.165) is 24.2 Å². The number of hydrogen-bond acceptors (Lipinski definition) is 4. The quantitative estimate of drug-likeness (QED) is 0.479. The van der Waals surface area contributed by atoms with E-state index in [9.17, 15) is 0 Å². The summed E-state index contributed by atoms with van der Waals surface area (Å²) in [6.07, 6.45) is 2.53. The maximum Gasteiger partial charge on any atom is 0.142 e. The van der Waals surface area contributed by atoms with Gasteiger partial charge in [0.1, 0.15) is 12.4 Å². The molecule has 1 fully saturated rings. The van der Waals surface area contributed by atoms with Crippen LogP contribution in [0.5, 0.6) is 0 Å². The van der Waals surface area contributed by atoms with Gasteiger partial charge in [-0.25, -0.2) is 0 Å². The molecular weight excluding hydrogens is 240 g/mol. The molecule has 0 unspecified atom stereocenters. The van der Waals surface area contributed by atoms with Gasteiger partial charge in [0.05, 0.1) is 0 Å². The molecule has 104 valence electrons. The lowest BCUT2D eigenvalue weighted by Crippen LogP contribution is -2.20. The molecule has 0 saturated carbocycles. The Balaban J connectivity index is 2.09. The van der Waals surface area contributed by atoms with Crippen LogP contribution in [0.2, 0.25) is 0 Å². The molecule has 0 bridgehead atoms. The zero-order valence-corrected chi connectivity index (χ0v) is 11.4. The molecule has 0 atom stereocenters. The lowest BCUT2D eigenvalue weighted by molar-refractivity contribution is 0.130. The van der Waals surface area contributed by atoms with Gasteiger partial charge in [-0.05, 0) is 43.0 Å². The van der Waals surface area contributed by atoms with Crippen molar-refractivity contribution in [1.29, 1.82) is 0 Å². The van der Waals surface area contributed by atoms with Crippen molar-refractivity contribution >= 4 is 11.5 Å². The van der Waals surface area contributed by atoms with E-state index in [1.54, 1.807) is 6.92 Å². The molecule has 0 aromatic heterocycles. The largest absolute Gasteiger partial charge is 0.390 e. The van der Waals surface area contributed by atoms with Crippen molar-refractivity contribution in [3.63, 3.8) is 0 Å². The molecule has 0 amide bonds. The van der Waals surface area contributed by atoms with Gasteiger partial charge < -0.3 is 21.2 Å². The van der Waals surface area contributed by atoms with Crippen molar-refractivity contribution in [2.24, 2.45) is 16.6 Å². The normalized spacial score (nSPS) is 15.9. The fourth-order valence-corrected chi connectivity index (χ4v) is 2.37. The maximum atomic E-state index is 5.85. The molecule has 1 aromatic carbocycles. The van der Waals surface area contributed by atoms with Crippen molar-refractivity contribution in [2.45, 2.75) is 32.9 Å². The highest BCUT2D eigenvalue weighted by molar-refractivity contribution is 5.76. The van der Waals surface area contributed by atoms with Crippen LogP contribution >= 0.6 is 0 Å². The molecular formula is C14H22N4O. The van der Waals surface area contributed by atoms with Crippen LogP contribution in [0.1, 0.15) is 30.9 Å². The average molecular weight is 262 g/mol. The molecule has 1 aliphatic rings. The summed E-state index contributed by atoms with van der Waals surface area (Å²) in [4.78, 5) is 7.55. The number of anilines is 1. The van der Waals surface area contributed by atoms with Crippen molar-refractivity contribution < 1.29 is 4.84 Å². The van der Waals surface area contributed by atoms with E-state index in [2.05, 4.69) is 28.3 Å². The van der Waals surface area contributed by atoms with Gasteiger partial charge in [0.25, 0.3) is 0 Å². The number of rotatable bonds is 5. The second-order valence-corrected chi connectivity index (χ2v) is 4.87. The van der Waals surface area contributed by atoms with Crippen molar-refractivity contribution in [3.8, 4) is 0 Å². The van der Waals surface area contributed by atoms with Gasteiger partial charge in [-0.3, -0.25) is 0 Å². The van der Waals surface area contributed by atoms with Crippen LogP contribution in [0.3, 0.4) is 0 Å². The number of benzene rings is 1. The van der Waals surface area contributed by atoms with Gasteiger partial charge >= 0.3 is 0 Å². The predicted molar refractivity (Wildman–Crippen MR) is 77.9 cm³/mol. The third kappa shape index (κ3) is 3.61. The summed E-state index contributed by atoms with van der Waals surface area (Å²) < 4.78 is 0. The predicted octanol–water partition coefficient (Wildman–Crippen LogP) is 1.55. The maximum absolute atomic E-state index is 5.85. The van der Waals surface area contributed by atoms with Crippen LogP contribution < -0.4 is 16.4 Å². The molecule has 2 rings (SSSR count). The molecule has 1 saturated heterocycles. The molecule has 0 aliphatic carbocycles. The number of amidine groups is 1. The summed E-state index contributed by atoms with van der Waals surface area (Å²) >= 11 is 0. The van der Waals surface area contributed by atoms with E-state index in [4.69, 9.17) is 16.3 Å². The Bertz CT molecular complexity index is 449. The average Bonchev–Trinajstić information content (AvgIpc) is 2.92. The minimum absolute atomic E-state index is 0.418. The van der Waals surface area contributed by atoms with E-state index in [-0.39, 0.29) is 0 Å². The zero-order chi connectivity index (χ0) is 13.7. The standard InChI is InChI=1S/C14H22N4O/c1-11(16)17-19-10-12-4-5-14(13(8-12)9-15)18-6-2-3-7-18/h4-5,8H,2-3,6-7,9-10,15H2,1H3,(H2,16,17). The topological polar surface area (TPSA) is 76.9 Å². The van der Waals surface area contributed by atoms with Crippen LogP contribution in [0, 0.1) is 0 Å². The van der Waals surface area contributed by atoms with Crippen LogP contribution in [0.4, 0.5) is 5.69 Å². The van der Waals surface area contributed by atoms with E-state index in [1.807, 2.05) is 0 Å². The summed E-state index contributed by atoms with van der Waals surface area (Å²) in [6, 6.07) is 6.29. The van der Waals surface area contributed by atoms with Gasteiger partial charge in [0, 0.05) is 25.3 Å². The fourth-order valence-electron chi connectivity index (χ4n) is 2.37. The van der Waals surface area contributed by atoms with Gasteiger partial charge in [-0.2, -0.15) is 0 Å². The van der Waals surface area contributed by atoms with E-state index < -0.39 is 0 Å². The smallest absolute Gasteiger partial charge is 0.142 e. The van der Waals surface area contributed by atoms with Gasteiger partial charge in [0.15, 0.2) is 0 Å². The molecule has 1 aromatic rings. The molecule has 19 heavy (non-hydrogen) atoms. The van der Waals surface area contributed by atoms with Gasteiger partial charge in [-0.1, -0.05) is 11.2 Å². The summed E-state index contributed by atoms with van der Waals surface area (Å²) in [5.41, 5.74) is 14.7. The Morgan fingerprint density at radius 3 is 2.74 bits per heavy atom. The number of nitrogens with two attached hydrogens (primary N) is 2. The summed E-state index contributed by atoms with van der Waals surface area (Å²) in [5, 5.41) is 3.73. The Hall–Kier alpha value is -1.75. The minimum atomic E-state index is 0.418. The molecule has 1 aliphatic heterocycles. The van der Waals surface area contributed by atoms with E-state index in [0.29, 0.717) is 19.0 Å².